The Morgan fingerprint density at radius 2 is 2.06 bits per heavy atom. The summed E-state index contributed by atoms with van der Waals surface area (Å²) in [6, 6.07) is 7.11. The second-order valence-corrected chi connectivity index (χ2v) is 3.61. The molecule has 5 nitrogen and oxygen atoms in total. The van der Waals surface area contributed by atoms with E-state index in [4.69, 9.17) is 10.5 Å². The molecule has 5 heteroatoms. The number of ether oxygens (including phenoxy) is 1. The van der Waals surface area contributed by atoms with Gasteiger partial charge in [0.1, 0.15) is 12.9 Å². The van der Waals surface area contributed by atoms with Crippen LogP contribution in [0.15, 0.2) is 41.2 Å². The van der Waals surface area contributed by atoms with Gasteiger partial charge >= 0.3 is 5.97 Å². The summed E-state index contributed by atoms with van der Waals surface area (Å²) in [7, 11) is 0. The Hall–Kier alpha value is -2.30. The van der Waals surface area contributed by atoms with Gasteiger partial charge < -0.3 is 15.0 Å². The van der Waals surface area contributed by atoms with E-state index in [0.29, 0.717) is 5.69 Å². The maximum Gasteiger partial charge on any atom is 0.310 e. The zero-order valence-electron chi connectivity index (χ0n) is 9.13. The van der Waals surface area contributed by atoms with E-state index in [1.807, 2.05) is 0 Å². The Morgan fingerprint density at radius 1 is 1.29 bits per heavy atom. The smallest absolute Gasteiger partial charge is 0.310 e. The van der Waals surface area contributed by atoms with E-state index >= 15 is 0 Å². The molecule has 17 heavy (non-hydrogen) atoms. The molecule has 0 spiro atoms. The highest BCUT2D eigenvalue weighted by molar-refractivity contribution is 5.72. The van der Waals surface area contributed by atoms with Crippen molar-refractivity contribution in [3.05, 3.63) is 47.9 Å². The van der Waals surface area contributed by atoms with Gasteiger partial charge in [-0.1, -0.05) is 17.3 Å². The number of rotatable bonds is 4. The highest BCUT2D eigenvalue weighted by Gasteiger charge is 2.06. The third-order valence-electron chi connectivity index (χ3n) is 2.21. The van der Waals surface area contributed by atoms with E-state index in [9.17, 15) is 4.79 Å². The van der Waals surface area contributed by atoms with Crippen LogP contribution in [0.2, 0.25) is 0 Å². The first-order valence-corrected chi connectivity index (χ1v) is 5.12. The Bertz CT molecular complexity index is 477. The third-order valence-corrected chi connectivity index (χ3v) is 2.21. The molecule has 1 aromatic carbocycles. The summed E-state index contributed by atoms with van der Waals surface area (Å²) in [6.45, 7) is 0.178. The van der Waals surface area contributed by atoms with Gasteiger partial charge in [0.15, 0.2) is 0 Å². The van der Waals surface area contributed by atoms with Crippen molar-refractivity contribution in [1.29, 1.82) is 0 Å². The number of nitrogens with zero attached hydrogens (tertiary/aromatic N) is 1. The summed E-state index contributed by atoms with van der Waals surface area (Å²) in [6.07, 6.45) is 3.18. The van der Waals surface area contributed by atoms with Gasteiger partial charge in [-0.05, 0) is 17.7 Å². The van der Waals surface area contributed by atoms with Crippen molar-refractivity contribution < 1.29 is 14.1 Å². The number of hydrogen-bond acceptors (Lipinski definition) is 5. The Balaban J connectivity index is 1.83. The Labute approximate surface area is 98.2 Å². The lowest BCUT2D eigenvalue weighted by Crippen LogP contribution is -2.07. The number of benzene rings is 1. The van der Waals surface area contributed by atoms with Gasteiger partial charge in [0.2, 0.25) is 0 Å². The van der Waals surface area contributed by atoms with Crippen LogP contribution in [0.3, 0.4) is 0 Å². The molecule has 2 aromatic rings. The van der Waals surface area contributed by atoms with Crippen molar-refractivity contribution in [3.63, 3.8) is 0 Å². The summed E-state index contributed by atoms with van der Waals surface area (Å²) < 4.78 is 9.67. The predicted octanol–water partition coefficient (Wildman–Crippen LogP) is 1.54. The molecule has 1 aromatic heterocycles. The van der Waals surface area contributed by atoms with Crippen LogP contribution in [0.4, 0.5) is 5.69 Å². The molecule has 0 atom stereocenters. The molecule has 0 saturated carbocycles. The summed E-state index contributed by atoms with van der Waals surface area (Å²) in [5.41, 5.74) is 7.82. The van der Waals surface area contributed by atoms with E-state index in [1.165, 1.54) is 12.5 Å². The van der Waals surface area contributed by atoms with Gasteiger partial charge in [-0.3, -0.25) is 4.79 Å². The molecule has 0 aliphatic rings. The molecule has 2 rings (SSSR count). The minimum absolute atomic E-state index is 0.178. The average molecular weight is 232 g/mol. The third kappa shape index (κ3) is 3.34. The van der Waals surface area contributed by atoms with Crippen molar-refractivity contribution in [2.45, 2.75) is 13.0 Å². The maximum absolute atomic E-state index is 11.5. The van der Waals surface area contributed by atoms with E-state index in [-0.39, 0.29) is 19.0 Å². The molecular formula is C12H12N2O3. The van der Waals surface area contributed by atoms with Gasteiger partial charge in [-0.25, -0.2) is 0 Å². The fourth-order valence-electron chi connectivity index (χ4n) is 1.31. The lowest BCUT2D eigenvalue weighted by atomic mass is 10.1. The molecule has 0 radical (unpaired) electrons. The topological polar surface area (TPSA) is 78.4 Å². The lowest BCUT2D eigenvalue weighted by molar-refractivity contribution is -0.144. The SMILES string of the molecule is Nc1ccc(CC(=O)OCc2cnoc2)cc1. The first-order chi connectivity index (χ1) is 8.24. The number of nitrogen functional groups attached to an aromatic ring is 1. The van der Waals surface area contributed by atoms with E-state index in [0.717, 1.165) is 11.1 Å². The standard InChI is InChI=1S/C12H12N2O3/c13-11-3-1-9(2-4-11)5-12(15)16-7-10-6-14-17-8-10/h1-4,6,8H,5,7,13H2. The monoisotopic (exact) mass is 232 g/mol. The largest absolute Gasteiger partial charge is 0.460 e. The molecule has 0 saturated heterocycles. The molecule has 2 N–H and O–H groups in total. The Kier molecular flexibility index (Phi) is 3.40. The number of carbonyl (C=O) groups excluding carboxylic acids is 1. The van der Waals surface area contributed by atoms with Crippen molar-refractivity contribution >= 4 is 11.7 Å². The van der Waals surface area contributed by atoms with Crippen LogP contribution in [0.5, 0.6) is 0 Å². The molecule has 1 heterocycles. The first kappa shape index (κ1) is 11.2. The molecule has 88 valence electrons. The van der Waals surface area contributed by atoms with E-state index in [1.54, 1.807) is 24.3 Å². The highest BCUT2D eigenvalue weighted by atomic mass is 16.5. The minimum Gasteiger partial charge on any atom is -0.460 e. The fraction of sp³-hybridized carbons (Fsp3) is 0.167. The Morgan fingerprint density at radius 3 is 2.71 bits per heavy atom. The van der Waals surface area contributed by atoms with Crippen LogP contribution in [-0.4, -0.2) is 11.1 Å². The van der Waals surface area contributed by atoms with Crippen LogP contribution in [0.1, 0.15) is 11.1 Å². The summed E-state index contributed by atoms with van der Waals surface area (Å²) in [5.74, 6) is -0.295. The molecule has 0 aliphatic carbocycles. The van der Waals surface area contributed by atoms with Crippen molar-refractivity contribution in [1.82, 2.24) is 5.16 Å². The van der Waals surface area contributed by atoms with Gasteiger partial charge in [0.05, 0.1) is 12.6 Å². The van der Waals surface area contributed by atoms with Crippen molar-refractivity contribution in [3.8, 4) is 0 Å². The number of esters is 1. The normalized spacial score (nSPS) is 10.1. The number of hydrogen-bond donors (Lipinski definition) is 1. The highest BCUT2D eigenvalue weighted by Crippen LogP contribution is 2.07. The van der Waals surface area contributed by atoms with Crippen molar-refractivity contribution in [2.75, 3.05) is 5.73 Å². The summed E-state index contributed by atoms with van der Waals surface area (Å²) in [5, 5.41) is 3.51. The molecule has 0 aliphatic heterocycles. The van der Waals surface area contributed by atoms with Crippen LogP contribution in [-0.2, 0) is 22.6 Å². The molecule has 0 unspecified atom stereocenters. The summed E-state index contributed by atoms with van der Waals surface area (Å²) in [4.78, 5) is 11.5. The van der Waals surface area contributed by atoms with Crippen LogP contribution >= 0.6 is 0 Å². The van der Waals surface area contributed by atoms with E-state index in [2.05, 4.69) is 9.68 Å². The number of aromatic nitrogens is 1. The van der Waals surface area contributed by atoms with Gasteiger partial charge in [0, 0.05) is 11.3 Å². The molecule has 0 bridgehead atoms. The number of nitrogens with two attached hydrogens (primary N) is 1. The zero-order chi connectivity index (χ0) is 12.1. The van der Waals surface area contributed by atoms with Crippen LogP contribution < -0.4 is 5.73 Å². The van der Waals surface area contributed by atoms with Crippen molar-refractivity contribution in [2.24, 2.45) is 0 Å². The van der Waals surface area contributed by atoms with Crippen LogP contribution in [0, 0.1) is 0 Å². The summed E-state index contributed by atoms with van der Waals surface area (Å²) >= 11 is 0. The molecule has 0 amide bonds. The van der Waals surface area contributed by atoms with Gasteiger partial charge in [-0.2, -0.15) is 0 Å². The van der Waals surface area contributed by atoms with Gasteiger partial charge in [0.25, 0.3) is 0 Å². The second kappa shape index (κ2) is 5.16. The lowest BCUT2D eigenvalue weighted by Gasteiger charge is -2.03. The number of carbonyl (C=O) groups is 1. The minimum atomic E-state index is -0.295. The fourth-order valence-corrected chi connectivity index (χ4v) is 1.31. The molecule has 0 fully saturated rings. The average Bonchev–Trinajstić information content (AvgIpc) is 2.83. The number of anilines is 1. The first-order valence-electron chi connectivity index (χ1n) is 5.12. The van der Waals surface area contributed by atoms with E-state index < -0.39 is 0 Å². The van der Waals surface area contributed by atoms with Crippen LogP contribution in [0.25, 0.3) is 0 Å². The quantitative estimate of drug-likeness (QED) is 0.639. The molecular weight excluding hydrogens is 220 g/mol. The maximum atomic E-state index is 11.5. The second-order valence-electron chi connectivity index (χ2n) is 3.61. The van der Waals surface area contributed by atoms with Gasteiger partial charge in [-0.15, -0.1) is 0 Å². The zero-order valence-corrected chi connectivity index (χ0v) is 9.13. The predicted molar refractivity (Wildman–Crippen MR) is 60.9 cm³/mol.